The van der Waals surface area contributed by atoms with Crippen LogP contribution in [0.1, 0.15) is 0 Å². The Bertz CT molecular complexity index is 349. The normalized spacial score (nSPS) is 9.43. The van der Waals surface area contributed by atoms with E-state index in [0.717, 1.165) is 12.4 Å². The van der Waals surface area contributed by atoms with Crippen LogP contribution in [0.25, 0.3) is 0 Å². The Morgan fingerprint density at radius 2 is 2.14 bits per heavy atom. The standard InChI is InChI=1S/C6H7N5O3/c7-5(12)3-10-6-8-1-4(2-9-6)11(13)14/h1-2H,3H2,(H2,7,12)(H,8,9,10). The highest BCUT2D eigenvalue weighted by atomic mass is 16.6. The first kappa shape index (κ1) is 9.84. The van der Waals surface area contributed by atoms with E-state index < -0.39 is 10.8 Å². The fraction of sp³-hybridized carbons (Fsp3) is 0.167. The lowest BCUT2D eigenvalue weighted by Gasteiger charge is -1.99. The van der Waals surface area contributed by atoms with E-state index in [-0.39, 0.29) is 18.2 Å². The molecule has 8 nitrogen and oxygen atoms in total. The van der Waals surface area contributed by atoms with E-state index >= 15 is 0 Å². The number of rotatable bonds is 4. The summed E-state index contributed by atoms with van der Waals surface area (Å²) in [6.07, 6.45) is 2.08. The minimum Gasteiger partial charge on any atom is -0.368 e. The number of hydrogen-bond acceptors (Lipinski definition) is 6. The molecule has 0 atom stereocenters. The van der Waals surface area contributed by atoms with E-state index in [4.69, 9.17) is 5.73 Å². The average Bonchev–Trinajstić information content (AvgIpc) is 2.15. The van der Waals surface area contributed by atoms with E-state index in [0.29, 0.717) is 0 Å². The largest absolute Gasteiger partial charge is 0.368 e. The first-order valence-corrected chi connectivity index (χ1v) is 3.58. The number of amides is 1. The first-order valence-electron chi connectivity index (χ1n) is 3.58. The van der Waals surface area contributed by atoms with E-state index in [1.165, 1.54) is 0 Å². The minimum absolute atomic E-state index is 0.113. The molecule has 0 saturated heterocycles. The maximum Gasteiger partial charge on any atom is 0.305 e. The SMILES string of the molecule is NC(=O)CNc1ncc([N+](=O)[O-])cn1. The number of carbonyl (C=O) groups excluding carboxylic acids is 1. The van der Waals surface area contributed by atoms with Crippen molar-refractivity contribution in [3.63, 3.8) is 0 Å². The maximum absolute atomic E-state index is 10.3. The van der Waals surface area contributed by atoms with E-state index in [1.807, 2.05) is 0 Å². The van der Waals surface area contributed by atoms with Gasteiger partial charge in [-0.2, -0.15) is 0 Å². The maximum atomic E-state index is 10.3. The second-order valence-corrected chi connectivity index (χ2v) is 2.34. The van der Waals surface area contributed by atoms with Crippen LogP contribution in [0, 0.1) is 10.1 Å². The Morgan fingerprint density at radius 3 is 2.57 bits per heavy atom. The summed E-state index contributed by atoms with van der Waals surface area (Å²) in [6.45, 7) is -0.113. The van der Waals surface area contributed by atoms with E-state index in [2.05, 4.69) is 15.3 Å². The predicted molar refractivity (Wildman–Crippen MR) is 46.4 cm³/mol. The fourth-order valence-electron chi connectivity index (χ4n) is 0.673. The van der Waals surface area contributed by atoms with Crippen molar-refractivity contribution in [2.45, 2.75) is 0 Å². The van der Waals surface area contributed by atoms with Crippen molar-refractivity contribution < 1.29 is 9.72 Å². The van der Waals surface area contributed by atoms with E-state index in [9.17, 15) is 14.9 Å². The lowest BCUT2D eigenvalue weighted by atomic mass is 10.5. The number of primary amides is 1. The van der Waals surface area contributed by atoms with Gasteiger partial charge in [0.2, 0.25) is 11.9 Å². The second-order valence-electron chi connectivity index (χ2n) is 2.34. The molecule has 0 aliphatic rings. The van der Waals surface area contributed by atoms with Crippen molar-refractivity contribution in [3.8, 4) is 0 Å². The zero-order valence-electron chi connectivity index (χ0n) is 7.01. The number of nitrogens with one attached hydrogen (secondary N) is 1. The molecule has 0 aliphatic heterocycles. The Labute approximate surface area is 78.3 Å². The monoisotopic (exact) mass is 197 g/mol. The zero-order chi connectivity index (χ0) is 10.6. The average molecular weight is 197 g/mol. The molecule has 1 amide bonds. The number of aromatic nitrogens is 2. The van der Waals surface area contributed by atoms with Gasteiger partial charge in [-0.3, -0.25) is 14.9 Å². The van der Waals surface area contributed by atoms with Crippen LogP contribution < -0.4 is 11.1 Å². The van der Waals surface area contributed by atoms with Crippen molar-refractivity contribution in [2.24, 2.45) is 5.73 Å². The van der Waals surface area contributed by atoms with Crippen molar-refractivity contribution in [1.29, 1.82) is 0 Å². The molecule has 0 aromatic carbocycles. The molecule has 0 saturated carbocycles. The van der Waals surface area contributed by atoms with Gasteiger partial charge in [-0.1, -0.05) is 0 Å². The van der Waals surface area contributed by atoms with Gasteiger partial charge < -0.3 is 11.1 Å². The van der Waals surface area contributed by atoms with Crippen molar-refractivity contribution >= 4 is 17.5 Å². The molecule has 0 unspecified atom stereocenters. The van der Waals surface area contributed by atoms with Crippen LogP contribution in [0.2, 0.25) is 0 Å². The second kappa shape index (κ2) is 4.12. The lowest BCUT2D eigenvalue weighted by molar-refractivity contribution is -0.385. The quantitative estimate of drug-likeness (QED) is 0.484. The summed E-state index contributed by atoms with van der Waals surface area (Å²) < 4.78 is 0. The molecular weight excluding hydrogens is 190 g/mol. The minimum atomic E-state index is -0.613. The molecule has 8 heteroatoms. The molecule has 1 heterocycles. The lowest BCUT2D eigenvalue weighted by Crippen LogP contribution is -2.22. The topological polar surface area (TPSA) is 124 Å². The third-order valence-electron chi connectivity index (χ3n) is 1.27. The van der Waals surface area contributed by atoms with Crippen LogP contribution in [-0.2, 0) is 4.79 Å². The smallest absolute Gasteiger partial charge is 0.305 e. The number of carbonyl (C=O) groups is 1. The zero-order valence-corrected chi connectivity index (χ0v) is 7.01. The third kappa shape index (κ3) is 2.66. The Morgan fingerprint density at radius 1 is 1.57 bits per heavy atom. The number of anilines is 1. The summed E-state index contributed by atoms with van der Waals surface area (Å²) in [4.78, 5) is 27.1. The molecule has 1 rings (SSSR count). The van der Waals surface area contributed by atoms with Gasteiger partial charge in [0.1, 0.15) is 12.4 Å². The van der Waals surface area contributed by atoms with Crippen LogP contribution >= 0.6 is 0 Å². The van der Waals surface area contributed by atoms with Crippen LogP contribution in [0.5, 0.6) is 0 Å². The van der Waals surface area contributed by atoms with Crippen molar-refractivity contribution in [3.05, 3.63) is 22.5 Å². The Kier molecular flexibility index (Phi) is 2.89. The van der Waals surface area contributed by atoms with Gasteiger partial charge in [0, 0.05) is 0 Å². The molecule has 74 valence electrons. The van der Waals surface area contributed by atoms with Crippen molar-refractivity contribution in [2.75, 3.05) is 11.9 Å². The van der Waals surface area contributed by atoms with Gasteiger partial charge in [-0.25, -0.2) is 9.97 Å². The summed E-state index contributed by atoms with van der Waals surface area (Å²) in [5.74, 6) is -0.443. The summed E-state index contributed by atoms with van der Waals surface area (Å²) >= 11 is 0. The molecule has 3 N–H and O–H groups in total. The first-order chi connectivity index (χ1) is 6.59. The molecular formula is C6H7N5O3. The van der Waals surface area contributed by atoms with Gasteiger partial charge in [-0.15, -0.1) is 0 Å². The highest BCUT2D eigenvalue weighted by Gasteiger charge is 2.06. The molecule has 0 spiro atoms. The van der Waals surface area contributed by atoms with Gasteiger partial charge in [-0.05, 0) is 0 Å². The van der Waals surface area contributed by atoms with Crippen molar-refractivity contribution in [1.82, 2.24) is 9.97 Å². The molecule has 0 radical (unpaired) electrons. The molecule has 0 bridgehead atoms. The van der Waals surface area contributed by atoms with Gasteiger partial charge in [0.25, 0.3) is 0 Å². The predicted octanol–water partition coefficient (Wildman–Crippen LogP) is -0.718. The summed E-state index contributed by atoms with van der Waals surface area (Å²) in [5, 5.41) is 12.7. The molecule has 0 aliphatic carbocycles. The highest BCUT2D eigenvalue weighted by Crippen LogP contribution is 2.07. The number of nitrogens with zero attached hydrogens (tertiary/aromatic N) is 3. The van der Waals surface area contributed by atoms with Crippen LogP contribution in [0.4, 0.5) is 11.6 Å². The summed E-state index contributed by atoms with van der Waals surface area (Å²) in [7, 11) is 0. The van der Waals surface area contributed by atoms with Gasteiger partial charge in [0.15, 0.2) is 0 Å². The highest BCUT2D eigenvalue weighted by molar-refractivity contribution is 5.78. The van der Waals surface area contributed by atoms with Gasteiger partial charge in [0.05, 0.1) is 11.5 Å². The van der Waals surface area contributed by atoms with E-state index in [1.54, 1.807) is 0 Å². The Balaban J connectivity index is 2.64. The molecule has 1 aromatic heterocycles. The number of hydrogen-bond donors (Lipinski definition) is 2. The van der Waals surface area contributed by atoms with Crippen LogP contribution in [0.3, 0.4) is 0 Å². The number of nitro groups is 1. The van der Waals surface area contributed by atoms with Crippen LogP contribution in [0.15, 0.2) is 12.4 Å². The fourth-order valence-corrected chi connectivity index (χ4v) is 0.673. The van der Waals surface area contributed by atoms with Crippen LogP contribution in [-0.4, -0.2) is 27.3 Å². The Hall–Kier alpha value is -2.25. The summed E-state index contributed by atoms with van der Waals surface area (Å²) in [5.41, 5.74) is 4.64. The summed E-state index contributed by atoms with van der Waals surface area (Å²) in [6, 6.07) is 0. The number of nitrogens with two attached hydrogens (primary N) is 1. The van der Waals surface area contributed by atoms with Gasteiger partial charge >= 0.3 is 5.69 Å². The molecule has 14 heavy (non-hydrogen) atoms. The third-order valence-corrected chi connectivity index (χ3v) is 1.27. The molecule has 1 aromatic rings. The molecule has 0 fully saturated rings.